The molecule has 28 heavy (non-hydrogen) atoms. The van der Waals surface area contributed by atoms with Crippen LogP contribution in [0.15, 0.2) is 66.7 Å². The van der Waals surface area contributed by atoms with E-state index in [1.54, 1.807) is 21.3 Å². The first-order valence-electron chi connectivity index (χ1n) is 8.91. The highest BCUT2D eigenvalue weighted by Crippen LogP contribution is 2.42. The normalized spacial score (nSPS) is 12.0. The summed E-state index contributed by atoms with van der Waals surface area (Å²) in [6.45, 7) is 0. The zero-order valence-electron chi connectivity index (χ0n) is 16.0. The third-order valence-corrected chi connectivity index (χ3v) is 4.74. The standard InChI is InChI=1S/C22H21N3O3/c1-26-19-13-16(14-20(27-2)22(19)28-3)21(15-9-5-4-6-10-15)25-18-12-8-7-11-17(18)23-24-25/h4-14,21H,1-3H3. The van der Waals surface area contributed by atoms with Crippen molar-refractivity contribution in [3.05, 3.63) is 77.9 Å². The molecule has 6 nitrogen and oxygen atoms in total. The van der Waals surface area contributed by atoms with Crippen LogP contribution in [-0.2, 0) is 0 Å². The summed E-state index contributed by atoms with van der Waals surface area (Å²) in [7, 11) is 4.83. The predicted octanol–water partition coefficient (Wildman–Crippen LogP) is 4.09. The highest BCUT2D eigenvalue weighted by Gasteiger charge is 2.24. The van der Waals surface area contributed by atoms with Gasteiger partial charge in [0.05, 0.1) is 26.8 Å². The van der Waals surface area contributed by atoms with Crippen molar-refractivity contribution in [3.63, 3.8) is 0 Å². The van der Waals surface area contributed by atoms with E-state index in [0.717, 1.165) is 22.2 Å². The van der Waals surface area contributed by atoms with Crippen molar-refractivity contribution in [1.82, 2.24) is 15.0 Å². The Labute approximate surface area is 163 Å². The van der Waals surface area contributed by atoms with Crippen LogP contribution in [0.4, 0.5) is 0 Å². The lowest BCUT2D eigenvalue weighted by molar-refractivity contribution is 0.323. The molecule has 1 unspecified atom stereocenters. The molecular weight excluding hydrogens is 354 g/mol. The van der Waals surface area contributed by atoms with E-state index in [4.69, 9.17) is 14.2 Å². The molecule has 1 aromatic heterocycles. The van der Waals surface area contributed by atoms with Gasteiger partial charge in [-0.15, -0.1) is 5.10 Å². The molecule has 1 heterocycles. The Hall–Kier alpha value is -3.54. The summed E-state index contributed by atoms with van der Waals surface area (Å²) in [6.07, 6.45) is 0. The molecule has 0 fully saturated rings. The summed E-state index contributed by atoms with van der Waals surface area (Å²) < 4.78 is 18.5. The molecule has 0 saturated carbocycles. The van der Waals surface area contributed by atoms with Gasteiger partial charge in [-0.1, -0.05) is 47.7 Å². The van der Waals surface area contributed by atoms with Gasteiger partial charge in [-0.25, -0.2) is 4.68 Å². The van der Waals surface area contributed by atoms with Gasteiger partial charge in [-0.05, 0) is 35.4 Å². The molecule has 0 bridgehead atoms. The minimum atomic E-state index is -0.206. The Bertz CT molecular complexity index is 1070. The second-order valence-electron chi connectivity index (χ2n) is 6.29. The molecule has 0 spiro atoms. The molecule has 1 atom stereocenters. The lowest BCUT2D eigenvalue weighted by Crippen LogP contribution is -2.14. The summed E-state index contributed by atoms with van der Waals surface area (Å²) in [4.78, 5) is 0. The van der Waals surface area contributed by atoms with Crippen molar-refractivity contribution in [2.45, 2.75) is 6.04 Å². The summed E-state index contributed by atoms with van der Waals surface area (Å²) in [5, 5.41) is 8.79. The van der Waals surface area contributed by atoms with E-state index in [0.29, 0.717) is 17.2 Å². The van der Waals surface area contributed by atoms with Gasteiger partial charge in [-0.3, -0.25) is 0 Å². The van der Waals surface area contributed by atoms with E-state index >= 15 is 0 Å². The molecule has 3 aromatic carbocycles. The van der Waals surface area contributed by atoms with Crippen LogP contribution in [0.2, 0.25) is 0 Å². The van der Waals surface area contributed by atoms with Crippen molar-refractivity contribution in [3.8, 4) is 17.2 Å². The Balaban J connectivity index is 1.97. The maximum atomic E-state index is 5.56. The molecular formula is C22H21N3O3. The number of ether oxygens (including phenoxy) is 3. The number of nitrogens with zero attached hydrogens (tertiary/aromatic N) is 3. The summed E-state index contributed by atoms with van der Waals surface area (Å²) in [5.41, 5.74) is 3.82. The SMILES string of the molecule is COc1cc(C(c2ccccc2)n2nnc3ccccc32)cc(OC)c1OC. The van der Waals surface area contributed by atoms with Gasteiger partial charge < -0.3 is 14.2 Å². The third kappa shape index (κ3) is 3.03. The topological polar surface area (TPSA) is 58.4 Å². The number of benzene rings is 3. The maximum absolute atomic E-state index is 5.56. The first-order valence-corrected chi connectivity index (χ1v) is 8.91. The fourth-order valence-corrected chi connectivity index (χ4v) is 3.45. The number of hydrogen-bond donors (Lipinski definition) is 0. The second-order valence-corrected chi connectivity index (χ2v) is 6.29. The highest BCUT2D eigenvalue weighted by molar-refractivity contribution is 5.74. The minimum absolute atomic E-state index is 0.206. The lowest BCUT2D eigenvalue weighted by Gasteiger charge is -2.22. The van der Waals surface area contributed by atoms with Crippen molar-refractivity contribution in [2.75, 3.05) is 21.3 Å². The number of hydrogen-bond acceptors (Lipinski definition) is 5. The molecule has 0 radical (unpaired) electrons. The number of para-hydroxylation sites is 1. The number of fused-ring (bicyclic) bond motifs is 1. The van der Waals surface area contributed by atoms with Crippen molar-refractivity contribution in [2.24, 2.45) is 0 Å². The number of methoxy groups -OCH3 is 3. The zero-order chi connectivity index (χ0) is 19.5. The fraction of sp³-hybridized carbons (Fsp3) is 0.182. The molecule has 0 saturated heterocycles. The van der Waals surface area contributed by atoms with E-state index in [1.165, 1.54) is 0 Å². The van der Waals surface area contributed by atoms with Gasteiger partial charge in [0.2, 0.25) is 5.75 Å². The zero-order valence-corrected chi connectivity index (χ0v) is 16.0. The second kappa shape index (κ2) is 7.60. The predicted molar refractivity (Wildman–Crippen MR) is 107 cm³/mol. The third-order valence-electron chi connectivity index (χ3n) is 4.74. The first kappa shape index (κ1) is 17.9. The minimum Gasteiger partial charge on any atom is -0.493 e. The lowest BCUT2D eigenvalue weighted by atomic mass is 9.97. The van der Waals surface area contributed by atoms with E-state index in [2.05, 4.69) is 22.4 Å². The molecule has 0 amide bonds. The number of aromatic nitrogens is 3. The Kier molecular flexibility index (Phi) is 4.85. The van der Waals surface area contributed by atoms with Crippen LogP contribution >= 0.6 is 0 Å². The molecule has 0 aliphatic carbocycles. The molecule has 142 valence electrons. The maximum Gasteiger partial charge on any atom is 0.203 e. The molecule has 6 heteroatoms. The smallest absolute Gasteiger partial charge is 0.203 e. The van der Waals surface area contributed by atoms with Crippen LogP contribution in [0.5, 0.6) is 17.2 Å². The van der Waals surface area contributed by atoms with Gasteiger partial charge in [0, 0.05) is 0 Å². The largest absolute Gasteiger partial charge is 0.493 e. The van der Waals surface area contributed by atoms with Crippen molar-refractivity contribution in [1.29, 1.82) is 0 Å². The van der Waals surface area contributed by atoms with Crippen molar-refractivity contribution >= 4 is 11.0 Å². The van der Waals surface area contributed by atoms with Gasteiger partial charge in [0.1, 0.15) is 11.6 Å². The summed E-state index contributed by atoms with van der Waals surface area (Å²) in [5.74, 6) is 1.76. The molecule has 4 aromatic rings. The van der Waals surface area contributed by atoms with E-state index in [-0.39, 0.29) is 6.04 Å². The monoisotopic (exact) mass is 375 g/mol. The van der Waals surface area contributed by atoms with Crippen LogP contribution in [0.3, 0.4) is 0 Å². The average molecular weight is 375 g/mol. The molecule has 0 aliphatic rings. The first-order chi connectivity index (χ1) is 13.8. The summed E-state index contributed by atoms with van der Waals surface area (Å²) in [6, 6.07) is 21.8. The van der Waals surface area contributed by atoms with E-state index < -0.39 is 0 Å². The van der Waals surface area contributed by atoms with Gasteiger partial charge in [-0.2, -0.15) is 0 Å². The van der Waals surface area contributed by atoms with Crippen LogP contribution < -0.4 is 14.2 Å². The van der Waals surface area contributed by atoms with Crippen LogP contribution in [0.1, 0.15) is 17.2 Å². The van der Waals surface area contributed by atoms with Crippen LogP contribution in [0.25, 0.3) is 11.0 Å². The molecule has 0 aliphatic heterocycles. The molecule has 0 N–H and O–H groups in total. The Morgan fingerprint density at radius 1 is 0.750 bits per heavy atom. The fourth-order valence-electron chi connectivity index (χ4n) is 3.45. The highest BCUT2D eigenvalue weighted by atomic mass is 16.5. The van der Waals surface area contributed by atoms with Gasteiger partial charge >= 0.3 is 0 Å². The summed E-state index contributed by atoms with van der Waals surface area (Å²) >= 11 is 0. The Morgan fingerprint density at radius 3 is 2.04 bits per heavy atom. The Morgan fingerprint density at radius 2 is 1.39 bits per heavy atom. The van der Waals surface area contributed by atoms with Crippen LogP contribution in [-0.4, -0.2) is 36.3 Å². The van der Waals surface area contributed by atoms with Crippen LogP contribution in [0, 0.1) is 0 Å². The average Bonchev–Trinajstić information content (AvgIpc) is 3.17. The number of rotatable bonds is 6. The quantitative estimate of drug-likeness (QED) is 0.508. The molecule has 4 rings (SSSR count). The van der Waals surface area contributed by atoms with Crippen molar-refractivity contribution < 1.29 is 14.2 Å². The van der Waals surface area contributed by atoms with Gasteiger partial charge in [0.15, 0.2) is 11.5 Å². The van der Waals surface area contributed by atoms with E-state index in [9.17, 15) is 0 Å². The van der Waals surface area contributed by atoms with Gasteiger partial charge in [0.25, 0.3) is 0 Å². The van der Waals surface area contributed by atoms with E-state index in [1.807, 2.05) is 59.3 Å².